The van der Waals surface area contributed by atoms with Gasteiger partial charge in [-0.15, -0.1) is 0 Å². The van der Waals surface area contributed by atoms with Gasteiger partial charge in [0.15, 0.2) is 1.05 Å². The summed E-state index contributed by atoms with van der Waals surface area (Å²) < 4.78 is 1.88. The SMILES string of the molecule is BrC(Br)(Br)Br.C=Cn1c2ccccc2c2ccccc21. The van der Waals surface area contributed by atoms with Crippen molar-refractivity contribution in [2.24, 2.45) is 0 Å². The topological polar surface area (TPSA) is 4.93 Å². The highest BCUT2D eigenvalue weighted by Gasteiger charge is 2.08. The molecule has 0 N–H and O–H groups in total. The van der Waals surface area contributed by atoms with E-state index in [0.29, 0.717) is 0 Å². The van der Waals surface area contributed by atoms with Crippen LogP contribution in [0.15, 0.2) is 55.1 Å². The summed E-state index contributed by atoms with van der Waals surface area (Å²) in [5.74, 6) is 0. The number of aromatic nitrogens is 1. The van der Waals surface area contributed by atoms with Crippen LogP contribution >= 0.6 is 63.7 Å². The first kappa shape index (κ1) is 16.3. The lowest BCUT2D eigenvalue weighted by molar-refractivity contribution is 1.30. The summed E-state index contributed by atoms with van der Waals surface area (Å²) in [6.07, 6.45) is 1.87. The van der Waals surface area contributed by atoms with Gasteiger partial charge in [0.05, 0.1) is 11.0 Å². The van der Waals surface area contributed by atoms with E-state index >= 15 is 0 Å². The van der Waals surface area contributed by atoms with Crippen LogP contribution in [0.3, 0.4) is 0 Å². The summed E-state index contributed by atoms with van der Waals surface area (Å²) in [4.78, 5) is 0. The quantitative estimate of drug-likeness (QED) is 0.300. The number of hydrogen-bond acceptors (Lipinski definition) is 0. The fourth-order valence-electron chi connectivity index (χ4n) is 2.15. The smallest absolute Gasteiger partial charge is 0.189 e. The summed E-state index contributed by atoms with van der Waals surface area (Å²) in [7, 11) is 0. The Bertz CT molecular complexity index is 681. The van der Waals surface area contributed by atoms with Crippen molar-refractivity contribution in [1.82, 2.24) is 4.57 Å². The fraction of sp³-hybridized carbons (Fsp3) is 0.0667. The molecule has 3 aromatic rings. The summed E-state index contributed by atoms with van der Waals surface area (Å²) in [5, 5.41) is 2.57. The first-order valence-corrected chi connectivity index (χ1v) is 8.95. The van der Waals surface area contributed by atoms with E-state index in [-0.39, 0.29) is 1.05 Å². The number of halogens is 4. The van der Waals surface area contributed by atoms with Crippen molar-refractivity contribution in [2.75, 3.05) is 0 Å². The molecule has 1 aromatic heterocycles. The van der Waals surface area contributed by atoms with E-state index in [9.17, 15) is 0 Å². The number of fused-ring (bicyclic) bond motifs is 3. The highest BCUT2D eigenvalue weighted by Crippen LogP contribution is 2.39. The Morgan fingerprint density at radius 3 is 1.50 bits per heavy atom. The Kier molecular flexibility index (Phi) is 5.51. The Balaban J connectivity index is 0.000000257. The maximum atomic E-state index is 3.87. The minimum absolute atomic E-state index is 0.250. The van der Waals surface area contributed by atoms with Crippen LogP contribution in [-0.4, -0.2) is 5.62 Å². The van der Waals surface area contributed by atoms with E-state index in [4.69, 9.17) is 0 Å². The number of para-hydroxylation sites is 2. The van der Waals surface area contributed by atoms with Crippen molar-refractivity contribution in [3.05, 3.63) is 55.1 Å². The second-order valence-electron chi connectivity index (χ2n) is 4.02. The summed E-state index contributed by atoms with van der Waals surface area (Å²) >= 11 is 12.5. The van der Waals surface area contributed by atoms with Crippen LogP contribution in [0.25, 0.3) is 28.0 Å². The minimum atomic E-state index is -0.250. The number of hydrogen-bond donors (Lipinski definition) is 0. The van der Waals surface area contributed by atoms with Gasteiger partial charge in [-0.3, -0.25) is 0 Å². The predicted octanol–water partition coefficient (Wildman–Crippen LogP) is 7.07. The van der Waals surface area contributed by atoms with Crippen molar-refractivity contribution < 1.29 is 0 Å². The maximum absolute atomic E-state index is 3.87. The lowest BCUT2D eigenvalue weighted by atomic mass is 10.2. The number of benzene rings is 2. The molecule has 1 heterocycles. The number of alkyl halides is 4. The molecule has 3 rings (SSSR count). The molecule has 0 aliphatic rings. The second kappa shape index (κ2) is 6.77. The molecule has 5 heteroatoms. The van der Waals surface area contributed by atoms with Crippen LogP contribution in [0, 0.1) is 0 Å². The Labute approximate surface area is 151 Å². The third kappa shape index (κ3) is 3.97. The predicted molar refractivity (Wildman–Crippen MR) is 104 cm³/mol. The van der Waals surface area contributed by atoms with Crippen LogP contribution in [0.1, 0.15) is 0 Å². The third-order valence-corrected chi connectivity index (χ3v) is 2.80. The van der Waals surface area contributed by atoms with Crippen molar-refractivity contribution >= 4 is 91.7 Å². The molecule has 1 nitrogen and oxygen atoms in total. The van der Waals surface area contributed by atoms with Gasteiger partial charge < -0.3 is 4.57 Å². The molecule has 0 saturated carbocycles. The molecule has 20 heavy (non-hydrogen) atoms. The molecule has 0 aliphatic heterocycles. The highest BCUT2D eigenvalue weighted by molar-refractivity contribution is 9.52. The first-order chi connectivity index (χ1) is 9.42. The Morgan fingerprint density at radius 2 is 1.15 bits per heavy atom. The van der Waals surface area contributed by atoms with Gasteiger partial charge in [-0.1, -0.05) is 43.0 Å². The average Bonchev–Trinajstić information content (AvgIpc) is 2.71. The summed E-state index contributed by atoms with van der Waals surface area (Å²) in [5.41, 5.74) is 2.43. The van der Waals surface area contributed by atoms with E-state index in [2.05, 4.69) is 123 Å². The van der Waals surface area contributed by atoms with E-state index in [1.807, 2.05) is 6.20 Å². The summed E-state index contributed by atoms with van der Waals surface area (Å²) in [6, 6.07) is 16.8. The van der Waals surface area contributed by atoms with Crippen LogP contribution in [-0.2, 0) is 0 Å². The molecule has 0 spiro atoms. The van der Waals surface area contributed by atoms with Gasteiger partial charge in [0.25, 0.3) is 0 Å². The zero-order chi connectivity index (χ0) is 14.8. The molecule has 0 radical (unpaired) electrons. The van der Waals surface area contributed by atoms with Crippen molar-refractivity contribution in [3.63, 3.8) is 0 Å². The lowest BCUT2D eigenvalue weighted by Gasteiger charge is -1.97. The van der Waals surface area contributed by atoms with Gasteiger partial charge >= 0.3 is 0 Å². The minimum Gasteiger partial charge on any atom is -0.317 e. The zero-order valence-electron chi connectivity index (χ0n) is 10.4. The molecule has 0 saturated heterocycles. The van der Waals surface area contributed by atoms with E-state index in [1.165, 1.54) is 21.8 Å². The largest absolute Gasteiger partial charge is 0.317 e. The van der Waals surface area contributed by atoms with Gasteiger partial charge in [-0.05, 0) is 75.9 Å². The van der Waals surface area contributed by atoms with Crippen LogP contribution in [0.2, 0.25) is 0 Å². The van der Waals surface area contributed by atoms with Gasteiger partial charge in [0.1, 0.15) is 0 Å². The molecule has 104 valence electrons. The van der Waals surface area contributed by atoms with E-state index in [0.717, 1.165) is 0 Å². The monoisotopic (exact) mass is 521 g/mol. The second-order valence-corrected chi connectivity index (χ2v) is 15.2. The zero-order valence-corrected chi connectivity index (χ0v) is 16.7. The van der Waals surface area contributed by atoms with E-state index in [1.54, 1.807) is 0 Å². The molecule has 0 bridgehead atoms. The normalized spacial score (nSPS) is 11.2. The van der Waals surface area contributed by atoms with Crippen LogP contribution in [0.5, 0.6) is 0 Å². The molecule has 0 amide bonds. The molecule has 2 aromatic carbocycles. The van der Waals surface area contributed by atoms with Crippen LogP contribution in [0.4, 0.5) is 0 Å². The Hall–Kier alpha value is -0.1000. The van der Waals surface area contributed by atoms with Gasteiger partial charge in [-0.2, -0.15) is 0 Å². The Morgan fingerprint density at radius 1 is 0.800 bits per heavy atom. The van der Waals surface area contributed by atoms with Crippen molar-refractivity contribution in [3.8, 4) is 0 Å². The third-order valence-electron chi connectivity index (χ3n) is 2.80. The van der Waals surface area contributed by atoms with Gasteiger partial charge in [0.2, 0.25) is 0 Å². The number of rotatable bonds is 1. The lowest BCUT2D eigenvalue weighted by Crippen LogP contribution is -1.82. The standard InChI is InChI=1S/C14H11N.CBr4/c1-2-15-13-9-5-3-7-11(13)12-8-4-6-10-14(12)15;2-1(3,4)5/h2-10H,1H2;. The number of nitrogens with zero attached hydrogens (tertiary/aromatic N) is 1. The van der Waals surface area contributed by atoms with Crippen molar-refractivity contribution in [1.29, 1.82) is 0 Å². The molecule has 0 atom stereocenters. The highest BCUT2D eigenvalue weighted by atomic mass is 80.0. The van der Waals surface area contributed by atoms with Crippen LogP contribution < -0.4 is 0 Å². The first-order valence-electron chi connectivity index (χ1n) is 5.77. The van der Waals surface area contributed by atoms with Gasteiger partial charge in [-0.25, -0.2) is 0 Å². The maximum Gasteiger partial charge on any atom is 0.189 e. The average molecular weight is 525 g/mol. The molecular weight excluding hydrogens is 514 g/mol. The molecule has 0 aliphatic carbocycles. The molecule has 0 unspecified atom stereocenters. The van der Waals surface area contributed by atoms with Gasteiger partial charge in [0, 0.05) is 17.0 Å². The molecule has 0 fully saturated rings. The van der Waals surface area contributed by atoms with Crippen molar-refractivity contribution in [2.45, 2.75) is 1.05 Å². The molecular formula is C15H11Br4N. The summed E-state index contributed by atoms with van der Waals surface area (Å²) in [6.45, 7) is 3.87. The van der Waals surface area contributed by atoms with E-state index < -0.39 is 0 Å². The fourth-order valence-corrected chi connectivity index (χ4v) is 2.15.